The van der Waals surface area contributed by atoms with Gasteiger partial charge in [0.1, 0.15) is 5.69 Å². The third-order valence-electron chi connectivity index (χ3n) is 7.59. The van der Waals surface area contributed by atoms with Crippen molar-refractivity contribution in [3.8, 4) is 39.9 Å². The van der Waals surface area contributed by atoms with Crippen LogP contribution >= 0.6 is 7.92 Å². The molecule has 0 bridgehead atoms. The minimum absolute atomic E-state index is 0.0842. The maximum absolute atomic E-state index is 6.02. The van der Waals surface area contributed by atoms with E-state index in [1.807, 2.05) is 67.0 Å². The van der Waals surface area contributed by atoms with E-state index in [0.717, 1.165) is 33.5 Å². The fourth-order valence-electron chi connectivity index (χ4n) is 5.12. The topological polar surface area (TPSA) is 82.5 Å². The maximum Gasteiger partial charge on any atom is 0.248 e. The first-order valence-corrected chi connectivity index (χ1v) is 16.1. The van der Waals surface area contributed by atoms with Crippen LogP contribution in [0.3, 0.4) is 0 Å². The van der Waals surface area contributed by atoms with Crippen molar-refractivity contribution in [3.63, 3.8) is 0 Å². The van der Waals surface area contributed by atoms with Gasteiger partial charge in [-0.05, 0) is 70.1 Å². The average Bonchev–Trinajstić information content (AvgIpc) is 3.77. The highest BCUT2D eigenvalue weighted by molar-refractivity contribution is 7.79. The summed E-state index contributed by atoms with van der Waals surface area (Å²) < 4.78 is 7.79. The molecule has 220 valence electrons. The molecule has 0 fully saturated rings. The molecule has 45 heavy (non-hydrogen) atoms. The number of aromatic nitrogens is 6. The Morgan fingerprint density at radius 1 is 0.622 bits per heavy atom. The molecule has 0 N–H and O–H groups in total. The van der Waals surface area contributed by atoms with E-state index < -0.39 is 7.92 Å². The van der Waals surface area contributed by atoms with Gasteiger partial charge < -0.3 is 4.42 Å². The lowest BCUT2D eigenvalue weighted by Gasteiger charge is -2.18. The zero-order chi connectivity index (χ0) is 30.8. The van der Waals surface area contributed by atoms with Gasteiger partial charge in [-0.15, -0.1) is 15.3 Å². The second-order valence-electron chi connectivity index (χ2n) is 11.7. The van der Waals surface area contributed by atoms with Crippen molar-refractivity contribution in [2.24, 2.45) is 0 Å². The molecule has 0 saturated carbocycles. The number of hydrogen-bond acceptors (Lipinski definition) is 6. The summed E-state index contributed by atoms with van der Waals surface area (Å²) in [5, 5.41) is 20.0. The Morgan fingerprint density at radius 3 is 1.78 bits per heavy atom. The molecule has 7 rings (SSSR count). The fourth-order valence-corrected chi connectivity index (χ4v) is 7.33. The van der Waals surface area contributed by atoms with E-state index in [1.165, 1.54) is 16.2 Å². The van der Waals surface area contributed by atoms with E-state index in [4.69, 9.17) is 9.40 Å². The molecule has 0 atom stereocenters. The van der Waals surface area contributed by atoms with Gasteiger partial charge in [-0.3, -0.25) is 4.98 Å². The summed E-state index contributed by atoms with van der Waals surface area (Å²) in [6.45, 7) is 6.58. The minimum Gasteiger partial charge on any atom is -0.416 e. The van der Waals surface area contributed by atoms with Gasteiger partial charge >= 0.3 is 0 Å². The first-order valence-electron chi connectivity index (χ1n) is 14.8. The van der Waals surface area contributed by atoms with E-state index >= 15 is 0 Å². The molecule has 0 amide bonds. The number of hydrogen-bond donors (Lipinski definition) is 0. The molecule has 0 aliphatic carbocycles. The highest BCUT2D eigenvalue weighted by atomic mass is 31.1. The lowest BCUT2D eigenvalue weighted by Crippen LogP contribution is -2.22. The Kier molecular flexibility index (Phi) is 7.62. The Labute approximate surface area is 263 Å². The van der Waals surface area contributed by atoms with Crippen molar-refractivity contribution in [1.82, 2.24) is 30.2 Å². The molecular formula is C37H31N6OP. The van der Waals surface area contributed by atoms with Crippen LogP contribution in [0.4, 0.5) is 0 Å². The van der Waals surface area contributed by atoms with Crippen LogP contribution in [-0.4, -0.2) is 30.2 Å². The third-order valence-corrected chi connectivity index (χ3v) is 9.93. The summed E-state index contributed by atoms with van der Waals surface area (Å²) in [6, 6.07) is 41.3. The van der Waals surface area contributed by atoms with Gasteiger partial charge in [0, 0.05) is 30.8 Å². The van der Waals surface area contributed by atoms with Crippen molar-refractivity contribution in [2.45, 2.75) is 26.2 Å². The summed E-state index contributed by atoms with van der Waals surface area (Å²) in [5.41, 5.74) is 6.70. The fraction of sp³-hybridized carbons (Fsp3) is 0.108. The van der Waals surface area contributed by atoms with Crippen LogP contribution in [0.5, 0.6) is 0 Å². The molecule has 8 heteroatoms. The Balaban J connectivity index is 1.11. The van der Waals surface area contributed by atoms with Crippen LogP contribution in [-0.2, 0) is 5.41 Å². The lowest BCUT2D eigenvalue weighted by atomic mass is 9.87. The van der Waals surface area contributed by atoms with Gasteiger partial charge in [0.15, 0.2) is 0 Å². The number of nitrogens with zero attached hydrogens (tertiary/aromatic N) is 6. The molecule has 3 aromatic heterocycles. The quantitative estimate of drug-likeness (QED) is 0.180. The molecule has 0 aliphatic heterocycles. The summed E-state index contributed by atoms with van der Waals surface area (Å²) in [5.74, 6) is 0.962. The first kappa shape index (κ1) is 28.5. The zero-order valence-corrected chi connectivity index (χ0v) is 26.1. The second-order valence-corrected chi connectivity index (χ2v) is 13.9. The summed E-state index contributed by atoms with van der Waals surface area (Å²) in [4.78, 5) is 4.81. The summed E-state index contributed by atoms with van der Waals surface area (Å²) >= 11 is 0. The van der Waals surface area contributed by atoms with Crippen molar-refractivity contribution in [3.05, 3.63) is 139 Å². The van der Waals surface area contributed by atoms with Crippen LogP contribution in [0.25, 0.3) is 39.9 Å². The van der Waals surface area contributed by atoms with E-state index in [-0.39, 0.29) is 5.41 Å². The monoisotopic (exact) mass is 606 g/mol. The molecular weight excluding hydrogens is 575 g/mol. The van der Waals surface area contributed by atoms with Gasteiger partial charge in [0.25, 0.3) is 0 Å². The molecule has 3 heterocycles. The standard InChI is InChI=1S/C37H31N6OP/c1-37(2,3)29-18-14-26(15-19-29)35-40-41-36(44-35)27-16-20-30(21-17-27)43-25-33(39-42-43)28-22-23-38-34(24-28)45(31-10-6-4-7-11-31)32-12-8-5-9-13-32/h4-25H,1-3H3. The Hall–Kier alpha value is -5.26. The molecule has 0 spiro atoms. The molecule has 4 aromatic carbocycles. The zero-order valence-electron chi connectivity index (χ0n) is 25.2. The molecule has 7 nitrogen and oxygen atoms in total. The predicted octanol–water partition coefficient (Wildman–Crippen LogP) is 7.10. The Morgan fingerprint density at radius 2 is 1.20 bits per heavy atom. The second kappa shape index (κ2) is 12.0. The number of rotatable bonds is 7. The van der Waals surface area contributed by atoms with E-state index in [0.29, 0.717) is 11.8 Å². The van der Waals surface area contributed by atoms with Gasteiger partial charge in [-0.1, -0.05) is 98.8 Å². The summed E-state index contributed by atoms with van der Waals surface area (Å²) in [6.07, 6.45) is 3.80. The third kappa shape index (κ3) is 6.08. The molecule has 0 aliphatic rings. The molecule has 0 unspecified atom stereocenters. The number of benzene rings is 4. The highest BCUT2D eigenvalue weighted by Gasteiger charge is 2.19. The van der Waals surface area contributed by atoms with Crippen molar-refractivity contribution < 1.29 is 4.42 Å². The van der Waals surface area contributed by atoms with E-state index in [9.17, 15) is 0 Å². The van der Waals surface area contributed by atoms with Crippen molar-refractivity contribution in [1.29, 1.82) is 0 Å². The molecule has 0 saturated heterocycles. The maximum atomic E-state index is 6.02. The SMILES string of the molecule is CC(C)(C)c1ccc(-c2nnc(-c3ccc(-n4cc(-c5ccnc(P(c6ccccc6)c6ccccc6)c5)nn4)cc3)o2)cc1. The normalized spacial score (nSPS) is 11.6. The van der Waals surface area contributed by atoms with Crippen molar-refractivity contribution in [2.75, 3.05) is 0 Å². The lowest BCUT2D eigenvalue weighted by molar-refractivity contribution is 0.582. The van der Waals surface area contributed by atoms with E-state index in [1.54, 1.807) is 4.68 Å². The van der Waals surface area contributed by atoms with Crippen LogP contribution in [0, 0.1) is 0 Å². The number of pyridine rings is 1. The van der Waals surface area contributed by atoms with E-state index in [2.05, 4.69) is 108 Å². The van der Waals surface area contributed by atoms with Crippen LogP contribution in [0.1, 0.15) is 26.3 Å². The van der Waals surface area contributed by atoms with Crippen LogP contribution in [0.15, 0.2) is 138 Å². The van der Waals surface area contributed by atoms with Gasteiger partial charge in [0.2, 0.25) is 11.8 Å². The Bertz CT molecular complexity index is 1990. The smallest absolute Gasteiger partial charge is 0.248 e. The van der Waals surface area contributed by atoms with Crippen LogP contribution in [0.2, 0.25) is 0 Å². The van der Waals surface area contributed by atoms with Gasteiger partial charge in [-0.2, -0.15) is 0 Å². The average molecular weight is 607 g/mol. The first-order chi connectivity index (χ1) is 21.9. The van der Waals surface area contributed by atoms with Gasteiger partial charge in [-0.25, -0.2) is 4.68 Å². The molecule has 0 radical (unpaired) electrons. The van der Waals surface area contributed by atoms with Crippen LogP contribution < -0.4 is 16.0 Å². The van der Waals surface area contributed by atoms with Gasteiger partial charge in [0.05, 0.1) is 17.3 Å². The predicted molar refractivity (Wildman–Crippen MR) is 181 cm³/mol. The largest absolute Gasteiger partial charge is 0.416 e. The van der Waals surface area contributed by atoms with Crippen molar-refractivity contribution >= 4 is 24.0 Å². The molecule has 7 aromatic rings. The summed E-state index contributed by atoms with van der Waals surface area (Å²) in [7, 11) is -0.821. The highest BCUT2D eigenvalue weighted by Crippen LogP contribution is 2.33. The minimum atomic E-state index is -0.821.